The lowest BCUT2D eigenvalue weighted by molar-refractivity contribution is 0.0898. The molecule has 0 bridgehead atoms. The predicted octanol–water partition coefficient (Wildman–Crippen LogP) is 1.03. The van der Waals surface area contributed by atoms with E-state index in [9.17, 15) is 0 Å². The number of nitrogens with zero attached hydrogens (tertiary/aromatic N) is 3. The van der Waals surface area contributed by atoms with Crippen molar-refractivity contribution in [2.45, 2.75) is 38.9 Å². The van der Waals surface area contributed by atoms with Gasteiger partial charge in [0, 0.05) is 31.4 Å². The van der Waals surface area contributed by atoms with Gasteiger partial charge in [-0.15, -0.1) is 0 Å². The molecule has 0 saturated carbocycles. The molecule has 0 amide bonds. The average Bonchev–Trinajstić information content (AvgIpc) is 2.31. The Morgan fingerprint density at radius 2 is 2.31 bits per heavy atom. The Balaban J connectivity index is 2.00. The summed E-state index contributed by atoms with van der Waals surface area (Å²) in [6, 6.07) is 2.85. The molecule has 2 N–H and O–H groups in total. The minimum Gasteiger partial charge on any atom is -0.327 e. The zero-order valence-electron chi connectivity index (χ0n) is 10.0. The second kappa shape index (κ2) is 4.89. The summed E-state index contributed by atoms with van der Waals surface area (Å²) in [5.41, 5.74) is 7.16. The minimum atomic E-state index is 0.344. The van der Waals surface area contributed by atoms with Crippen molar-refractivity contribution in [3.05, 3.63) is 24.3 Å². The van der Waals surface area contributed by atoms with Crippen molar-refractivity contribution in [2.24, 2.45) is 11.7 Å². The van der Waals surface area contributed by atoms with Crippen molar-refractivity contribution in [1.29, 1.82) is 0 Å². The van der Waals surface area contributed by atoms with E-state index in [1.807, 2.05) is 6.07 Å². The highest BCUT2D eigenvalue weighted by Crippen LogP contribution is 2.23. The molecule has 0 spiro atoms. The molecule has 1 fully saturated rings. The molecule has 2 heterocycles. The second-order valence-electron chi connectivity index (χ2n) is 4.72. The van der Waals surface area contributed by atoms with Crippen LogP contribution >= 0.6 is 0 Å². The Bertz CT molecular complexity index is 327. The number of hydrogen-bond acceptors (Lipinski definition) is 4. The minimum absolute atomic E-state index is 0.344. The van der Waals surface area contributed by atoms with Crippen LogP contribution in [0.3, 0.4) is 0 Å². The highest BCUT2D eigenvalue weighted by Gasteiger charge is 2.30. The zero-order valence-corrected chi connectivity index (χ0v) is 10.0. The van der Waals surface area contributed by atoms with Crippen LogP contribution in [-0.4, -0.2) is 33.5 Å². The Hall–Kier alpha value is -1.00. The van der Waals surface area contributed by atoms with Gasteiger partial charge in [-0.2, -0.15) is 0 Å². The smallest absolute Gasteiger partial charge is 0.115 e. The summed E-state index contributed by atoms with van der Waals surface area (Å²) in [6.07, 6.45) is 4.49. The Morgan fingerprint density at radius 1 is 1.50 bits per heavy atom. The average molecular weight is 220 g/mol. The highest BCUT2D eigenvalue weighted by atomic mass is 15.2. The number of rotatable bonds is 2. The van der Waals surface area contributed by atoms with Gasteiger partial charge in [0.25, 0.3) is 0 Å². The molecule has 1 aromatic rings. The van der Waals surface area contributed by atoms with Gasteiger partial charge in [0.05, 0.1) is 5.69 Å². The van der Waals surface area contributed by atoms with E-state index < -0.39 is 0 Å². The van der Waals surface area contributed by atoms with Crippen LogP contribution in [-0.2, 0) is 6.54 Å². The molecule has 3 unspecified atom stereocenters. The van der Waals surface area contributed by atoms with Crippen molar-refractivity contribution in [3.63, 3.8) is 0 Å². The first-order valence-electron chi connectivity index (χ1n) is 5.93. The van der Waals surface area contributed by atoms with Crippen LogP contribution in [0.15, 0.2) is 18.6 Å². The number of aromatic nitrogens is 2. The highest BCUT2D eigenvalue weighted by molar-refractivity contribution is 4.99. The molecule has 1 aromatic heterocycles. The van der Waals surface area contributed by atoms with E-state index in [1.165, 1.54) is 0 Å². The summed E-state index contributed by atoms with van der Waals surface area (Å²) in [7, 11) is 0. The first-order chi connectivity index (χ1) is 7.68. The van der Waals surface area contributed by atoms with Crippen LogP contribution in [0.25, 0.3) is 0 Å². The first-order valence-corrected chi connectivity index (χ1v) is 5.93. The van der Waals surface area contributed by atoms with Gasteiger partial charge in [-0.3, -0.25) is 4.90 Å². The molecule has 16 heavy (non-hydrogen) atoms. The largest absolute Gasteiger partial charge is 0.327 e. The van der Waals surface area contributed by atoms with Crippen molar-refractivity contribution in [2.75, 3.05) is 6.54 Å². The topological polar surface area (TPSA) is 55.0 Å². The predicted molar refractivity (Wildman–Crippen MR) is 63.7 cm³/mol. The number of nitrogens with two attached hydrogens (primary N) is 1. The lowest BCUT2D eigenvalue weighted by Crippen LogP contribution is -2.51. The third-order valence-electron chi connectivity index (χ3n) is 3.77. The van der Waals surface area contributed by atoms with Crippen molar-refractivity contribution >= 4 is 0 Å². The van der Waals surface area contributed by atoms with E-state index in [4.69, 9.17) is 5.73 Å². The monoisotopic (exact) mass is 220 g/mol. The molecule has 1 aliphatic heterocycles. The summed E-state index contributed by atoms with van der Waals surface area (Å²) in [5.74, 6) is 0.551. The quantitative estimate of drug-likeness (QED) is 0.809. The van der Waals surface area contributed by atoms with Gasteiger partial charge >= 0.3 is 0 Å². The fourth-order valence-electron chi connectivity index (χ4n) is 2.31. The van der Waals surface area contributed by atoms with Gasteiger partial charge in [0.15, 0.2) is 0 Å². The molecule has 3 atom stereocenters. The van der Waals surface area contributed by atoms with Crippen LogP contribution in [0.2, 0.25) is 0 Å². The maximum atomic E-state index is 6.07. The summed E-state index contributed by atoms with van der Waals surface area (Å²) in [4.78, 5) is 10.7. The van der Waals surface area contributed by atoms with E-state index in [0.717, 1.165) is 25.2 Å². The van der Waals surface area contributed by atoms with E-state index in [0.29, 0.717) is 18.0 Å². The molecule has 0 aromatic carbocycles. The van der Waals surface area contributed by atoms with Gasteiger partial charge in [-0.1, -0.05) is 6.92 Å². The third-order valence-corrected chi connectivity index (χ3v) is 3.77. The van der Waals surface area contributed by atoms with Crippen molar-refractivity contribution in [3.8, 4) is 0 Å². The molecule has 1 saturated heterocycles. The molecule has 88 valence electrons. The van der Waals surface area contributed by atoms with E-state index in [1.54, 1.807) is 12.5 Å². The zero-order chi connectivity index (χ0) is 11.5. The van der Waals surface area contributed by atoms with Gasteiger partial charge in [-0.25, -0.2) is 9.97 Å². The normalized spacial score (nSPS) is 31.6. The summed E-state index contributed by atoms with van der Waals surface area (Å²) in [5, 5.41) is 0. The molecule has 2 rings (SSSR count). The standard InChI is InChI=1S/C12H20N4/c1-9-10(2)16(6-4-12(9)13)7-11-3-5-14-8-15-11/h3,5,8-10,12H,4,6-7,13H2,1-2H3. The molecule has 4 heteroatoms. The number of hydrogen-bond donors (Lipinski definition) is 1. The SMILES string of the molecule is CC1C(N)CCN(Cc2ccncn2)C1C. The van der Waals surface area contributed by atoms with Crippen LogP contribution in [0.1, 0.15) is 26.0 Å². The van der Waals surface area contributed by atoms with Gasteiger partial charge in [-0.05, 0) is 25.3 Å². The Kier molecular flexibility index (Phi) is 3.51. The maximum absolute atomic E-state index is 6.07. The maximum Gasteiger partial charge on any atom is 0.115 e. The second-order valence-corrected chi connectivity index (χ2v) is 4.72. The van der Waals surface area contributed by atoms with Crippen LogP contribution < -0.4 is 5.73 Å². The van der Waals surface area contributed by atoms with Gasteiger partial charge in [0.2, 0.25) is 0 Å². The Morgan fingerprint density at radius 3 is 3.00 bits per heavy atom. The van der Waals surface area contributed by atoms with Crippen LogP contribution in [0.5, 0.6) is 0 Å². The van der Waals surface area contributed by atoms with E-state index >= 15 is 0 Å². The first kappa shape index (κ1) is 11.5. The number of piperidine rings is 1. The summed E-state index contributed by atoms with van der Waals surface area (Å²) < 4.78 is 0. The summed E-state index contributed by atoms with van der Waals surface area (Å²) in [6.45, 7) is 6.46. The van der Waals surface area contributed by atoms with Crippen molar-refractivity contribution < 1.29 is 0 Å². The molecule has 4 nitrogen and oxygen atoms in total. The van der Waals surface area contributed by atoms with E-state index in [-0.39, 0.29) is 0 Å². The lowest BCUT2D eigenvalue weighted by atomic mass is 9.87. The fraction of sp³-hybridized carbons (Fsp3) is 0.667. The van der Waals surface area contributed by atoms with E-state index in [2.05, 4.69) is 28.7 Å². The fourth-order valence-corrected chi connectivity index (χ4v) is 2.31. The Labute approximate surface area is 96.9 Å². The van der Waals surface area contributed by atoms with Gasteiger partial charge < -0.3 is 5.73 Å². The molecule has 0 aliphatic carbocycles. The molecular weight excluding hydrogens is 200 g/mol. The lowest BCUT2D eigenvalue weighted by Gasteiger charge is -2.41. The van der Waals surface area contributed by atoms with Crippen molar-refractivity contribution in [1.82, 2.24) is 14.9 Å². The van der Waals surface area contributed by atoms with Crippen LogP contribution in [0, 0.1) is 5.92 Å². The molecular formula is C12H20N4. The summed E-state index contributed by atoms with van der Waals surface area (Å²) >= 11 is 0. The molecule has 0 radical (unpaired) electrons. The van der Waals surface area contributed by atoms with Gasteiger partial charge in [0.1, 0.15) is 6.33 Å². The molecule has 1 aliphatic rings. The number of likely N-dealkylation sites (tertiary alicyclic amines) is 1. The third kappa shape index (κ3) is 2.39. The van der Waals surface area contributed by atoms with Crippen LogP contribution in [0.4, 0.5) is 0 Å².